The second-order valence-corrected chi connectivity index (χ2v) is 4.83. The lowest BCUT2D eigenvalue weighted by atomic mass is 10.0. The number of ether oxygens (including phenoxy) is 2. The lowest BCUT2D eigenvalue weighted by Crippen LogP contribution is -2.12. The Bertz CT molecular complexity index is 371. The van der Waals surface area contributed by atoms with Crippen LogP contribution in [0.5, 0.6) is 0 Å². The molecule has 1 aromatic rings. The number of hydrogen-bond acceptors (Lipinski definition) is 3. The minimum Gasteiger partial charge on any atom is -0.390 e. The van der Waals surface area contributed by atoms with Gasteiger partial charge in [-0.3, -0.25) is 0 Å². The minimum absolute atomic E-state index is 0.0335. The van der Waals surface area contributed by atoms with Crippen molar-refractivity contribution in [3.63, 3.8) is 0 Å². The first-order valence-electron chi connectivity index (χ1n) is 6.00. The molecule has 0 aromatic heterocycles. The Balaban J connectivity index is 2.09. The normalized spacial score (nSPS) is 19.0. The molecule has 1 saturated carbocycles. The zero-order chi connectivity index (χ0) is 12.3. The van der Waals surface area contributed by atoms with Crippen molar-refractivity contribution in [1.29, 1.82) is 0 Å². The standard InChI is InChI=1S/C14H20O3/c1-16-10-13(17-2)12-5-3-4-11(8-12)9-14(15)6-7-14/h3-5,8,13,15H,6-7,9-10H2,1-2H3. The average molecular weight is 236 g/mol. The van der Waals surface area contributed by atoms with E-state index in [1.165, 1.54) is 5.56 Å². The molecule has 0 heterocycles. The molecule has 17 heavy (non-hydrogen) atoms. The van der Waals surface area contributed by atoms with Gasteiger partial charge in [-0.2, -0.15) is 0 Å². The predicted octanol–water partition coefficient (Wildman–Crippen LogP) is 2.09. The molecule has 0 bridgehead atoms. The Hall–Kier alpha value is -0.900. The molecule has 1 aliphatic carbocycles. The highest BCUT2D eigenvalue weighted by Gasteiger charge is 2.40. The number of hydrogen-bond donors (Lipinski definition) is 1. The van der Waals surface area contributed by atoms with Crippen molar-refractivity contribution in [2.75, 3.05) is 20.8 Å². The van der Waals surface area contributed by atoms with E-state index >= 15 is 0 Å². The van der Waals surface area contributed by atoms with Crippen LogP contribution in [-0.4, -0.2) is 31.5 Å². The molecule has 1 fully saturated rings. The van der Waals surface area contributed by atoms with Gasteiger partial charge < -0.3 is 14.6 Å². The Morgan fingerprint density at radius 1 is 1.35 bits per heavy atom. The highest BCUT2D eigenvalue weighted by atomic mass is 16.5. The maximum Gasteiger partial charge on any atom is 0.105 e. The van der Waals surface area contributed by atoms with Crippen molar-refractivity contribution in [3.05, 3.63) is 35.4 Å². The van der Waals surface area contributed by atoms with Crippen molar-refractivity contribution in [3.8, 4) is 0 Å². The van der Waals surface area contributed by atoms with E-state index < -0.39 is 5.60 Å². The molecular weight excluding hydrogens is 216 g/mol. The zero-order valence-corrected chi connectivity index (χ0v) is 10.5. The largest absolute Gasteiger partial charge is 0.390 e. The van der Waals surface area contributed by atoms with Gasteiger partial charge >= 0.3 is 0 Å². The zero-order valence-electron chi connectivity index (χ0n) is 10.5. The fourth-order valence-electron chi connectivity index (χ4n) is 2.06. The summed E-state index contributed by atoms with van der Waals surface area (Å²) in [4.78, 5) is 0. The quantitative estimate of drug-likeness (QED) is 0.822. The van der Waals surface area contributed by atoms with Crippen LogP contribution in [0.4, 0.5) is 0 Å². The van der Waals surface area contributed by atoms with Crippen LogP contribution in [0.1, 0.15) is 30.1 Å². The molecule has 2 rings (SSSR count). The van der Waals surface area contributed by atoms with Crippen LogP contribution >= 0.6 is 0 Å². The summed E-state index contributed by atoms with van der Waals surface area (Å²) in [5.74, 6) is 0. The topological polar surface area (TPSA) is 38.7 Å². The SMILES string of the molecule is COCC(OC)c1cccc(CC2(O)CC2)c1. The summed E-state index contributed by atoms with van der Waals surface area (Å²) in [5.41, 5.74) is 1.83. The van der Waals surface area contributed by atoms with Gasteiger partial charge in [-0.05, 0) is 24.0 Å². The van der Waals surface area contributed by atoms with Crippen LogP contribution in [0.25, 0.3) is 0 Å². The maximum absolute atomic E-state index is 9.92. The highest BCUT2D eigenvalue weighted by Crippen LogP contribution is 2.38. The molecule has 94 valence electrons. The molecule has 1 unspecified atom stereocenters. The Morgan fingerprint density at radius 3 is 2.71 bits per heavy atom. The number of aliphatic hydroxyl groups is 1. The van der Waals surface area contributed by atoms with Crippen molar-refractivity contribution < 1.29 is 14.6 Å². The molecule has 1 atom stereocenters. The van der Waals surface area contributed by atoms with Crippen molar-refractivity contribution in [2.24, 2.45) is 0 Å². The summed E-state index contributed by atoms with van der Waals surface area (Å²) >= 11 is 0. The molecular formula is C14H20O3. The predicted molar refractivity (Wildman–Crippen MR) is 66.0 cm³/mol. The first kappa shape index (κ1) is 12.6. The lowest BCUT2D eigenvalue weighted by Gasteiger charge is -2.16. The molecule has 0 radical (unpaired) electrons. The van der Waals surface area contributed by atoms with E-state index in [2.05, 4.69) is 12.1 Å². The Morgan fingerprint density at radius 2 is 2.12 bits per heavy atom. The third-order valence-corrected chi connectivity index (χ3v) is 3.29. The first-order valence-corrected chi connectivity index (χ1v) is 6.00. The van der Waals surface area contributed by atoms with Crippen LogP contribution in [0.3, 0.4) is 0 Å². The molecule has 0 aliphatic heterocycles. The monoisotopic (exact) mass is 236 g/mol. The van der Waals surface area contributed by atoms with E-state index in [0.29, 0.717) is 6.61 Å². The minimum atomic E-state index is -0.442. The molecule has 3 nitrogen and oxygen atoms in total. The Kier molecular flexibility index (Phi) is 3.82. The molecule has 0 saturated heterocycles. The fourth-order valence-corrected chi connectivity index (χ4v) is 2.06. The fraction of sp³-hybridized carbons (Fsp3) is 0.571. The average Bonchev–Trinajstić information content (AvgIpc) is 3.04. The van der Waals surface area contributed by atoms with Crippen LogP contribution < -0.4 is 0 Å². The molecule has 1 aliphatic rings. The van der Waals surface area contributed by atoms with E-state index in [4.69, 9.17) is 9.47 Å². The van der Waals surface area contributed by atoms with Gasteiger partial charge in [-0.25, -0.2) is 0 Å². The second-order valence-electron chi connectivity index (χ2n) is 4.83. The number of methoxy groups -OCH3 is 2. The number of rotatable bonds is 6. The van der Waals surface area contributed by atoms with E-state index in [1.807, 2.05) is 12.1 Å². The van der Waals surface area contributed by atoms with E-state index in [1.54, 1.807) is 14.2 Å². The van der Waals surface area contributed by atoms with E-state index in [9.17, 15) is 5.11 Å². The van der Waals surface area contributed by atoms with E-state index in [0.717, 1.165) is 24.8 Å². The van der Waals surface area contributed by atoms with Crippen molar-refractivity contribution >= 4 is 0 Å². The number of benzene rings is 1. The summed E-state index contributed by atoms with van der Waals surface area (Å²) in [6, 6.07) is 8.20. The summed E-state index contributed by atoms with van der Waals surface area (Å²) in [7, 11) is 3.35. The van der Waals surface area contributed by atoms with Crippen molar-refractivity contribution in [2.45, 2.75) is 31.0 Å². The van der Waals surface area contributed by atoms with Crippen LogP contribution in [-0.2, 0) is 15.9 Å². The van der Waals surface area contributed by atoms with Gasteiger partial charge in [0.05, 0.1) is 12.2 Å². The van der Waals surface area contributed by atoms with Gasteiger partial charge in [-0.1, -0.05) is 24.3 Å². The highest BCUT2D eigenvalue weighted by molar-refractivity contribution is 5.27. The lowest BCUT2D eigenvalue weighted by molar-refractivity contribution is 0.0274. The summed E-state index contributed by atoms with van der Waals surface area (Å²) < 4.78 is 10.5. The smallest absolute Gasteiger partial charge is 0.105 e. The van der Waals surface area contributed by atoms with Crippen LogP contribution in [0.2, 0.25) is 0 Å². The van der Waals surface area contributed by atoms with Crippen LogP contribution in [0, 0.1) is 0 Å². The third-order valence-electron chi connectivity index (χ3n) is 3.29. The molecule has 1 N–H and O–H groups in total. The van der Waals surface area contributed by atoms with Crippen LogP contribution in [0.15, 0.2) is 24.3 Å². The van der Waals surface area contributed by atoms with Crippen molar-refractivity contribution in [1.82, 2.24) is 0 Å². The Labute approximate surface area is 102 Å². The first-order chi connectivity index (χ1) is 8.17. The molecule has 0 amide bonds. The van der Waals surface area contributed by atoms with Gasteiger partial charge in [-0.15, -0.1) is 0 Å². The summed E-state index contributed by atoms with van der Waals surface area (Å²) in [5, 5.41) is 9.92. The maximum atomic E-state index is 9.92. The summed E-state index contributed by atoms with van der Waals surface area (Å²) in [6.07, 6.45) is 2.55. The summed E-state index contributed by atoms with van der Waals surface area (Å²) in [6.45, 7) is 0.546. The molecule has 1 aromatic carbocycles. The van der Waals surface area contributed by atoms with Gasteiger partial charge in [0.2, 0.25) is 0 Å². The van der Waals surface area contributed by atoms with Gasteiger partial charge in [0.25, 0.3) is 0 Å². The third kappa shape index (κ3) is 3.28. The second kappa shape index (κ2) is 5.17. The van der Waals surface area contributed by atoms with Gasteiger partial charge in [0.1, 0.15) is 6.10 Å². The van der Waals surface area contributed by atoms with Gasteiger partial charge in [0, 0.05) is 20.6 Å². The van der Waals surface area contributed by atoms with Gasteiger partial charge in [0.15, 0.2) is 0 Å². The molecule has 3 heteroatoms. The molecule has 0 spiro atoms. The van der Waals surface area contributed by atoms with E-state index in [-0.39, 0.29) is 6.10 Å².